The lowest BCUT2D eigenvalue weighted by Crippen LogP contribution is -2.28. The molecular formula is C20H17ClO. The normalized spacial score (nSPS) is 11.1. The van der Waals surface area contributed by atoms with Gasteiger partial charge in [-0.1, -0.05) is 78.9 Å². The second-order valence-electron chi connectivity index (χ2n) is 5.13. The van der Waals surface area contributed by atoms with Gasteiger partial charge in [-0.15, -0.1) is 11.6 Å². The number of para-hydroxylation sites is 1. The largest absolute Gasteiger partial charge is 0.491 e. The molecule has 3 aromatic rings. The van der Waals surface area contributed by atoms with Crippen molar-refractivity contribution >= 4 is 11.6 Å². The molecule has 0 atom stereocenters. The van der Waals surface area contributed by atoms with E-state index in [0.29, 0.717) is 6.61 Å². The Bertz CT molecular complexity index is 656. The molecular weight excluding hydrogens is 292 g/mol. The van der Waals surface area contributed by atoms with Crippen LogP contribution in [0, 0.1) is 0 Å². The molecule has 0 aliphatic heterocycles. The number of alkyl halides is 1. The third-order valence-electron chi connectivity index (χ3n) is 3.64. The van der Waals surface area contributed by atoms with Crippen molar-refractivity contribution in [3.63, 3.8) is 0 Å². The molecule has 0 heterocycles. The molecule has 3 rings (SSSR count). The summed E-state index contributed by atoms with van der Waals surface area (Å²) in [5.41, 5.74) is 2.05. The number of hydrogen-bond acceptors (Lipinski definition) is 1. The molecule has 0 unspecified atom stereocenters. The highest BCUT2D eigenvalue weighted by Gasteiger charge is 2.32. The molecule has 3 aromatic carbocycles. The lowest BCUT2D eigenvalue weighted by molar-refractivity contribution is 0.286. The Morgan fingerprint density at radius 1 is 0.636 bits per heavy atom. The van der Waals surface area contributed by atoms with Crippen molar-refractivity contribution in [3.05, 3.63) is 102 Å². The molecule has 0 aliphatic carbocycles. The van der Waals surface area contributed by atoms with E-state index in [4.69, 9.17) is 16.3 Å². The Labute approximate surface area is 136 Å². The van der Waals surface area contributed by atoms with Crippen LogP contribution in [0.15, 0.2) is 91.0 Å². The first kappa shape index (κ1) is 14.7. The monoisotopic (exact) mass is 308 g/mol. The Morgan fingerprint density at radius 3 is 1.50 bits per heavy atom. The van der Waals surface area contributed by atoms with Gasteiger partial charge in [0.25, 0.3) is 0 Å². The van der Waals surface area contributed by atoms with Gasteiger partial charge in [0.05, 0.1) is 0 Å². The molecule has 0 fully saturated rings. The van der Waals surface area contributed by atoms with E-state index in [-0.39, 0.29) is 0 Å². The van der Waals surface area contributed by atoms with Crippen molar-refractivity contribution in [2.45, 2.75) is 4.87 Å². The molecule has 110 valence electrons. The van der Waals surface area contributed by atoms with Gasteiger partial charge in [-0.3, -0.25) is 0 Å². The van der Waals surface area contributed by atoms with Crippen molar-refractivity contribution in [1.82, 2.24) is 0 Å². The van der Waals surface area contributed by atoms with Crippen LogP contribution in [0.25, 0.3) is 0 Å². The maximum atomic E-state index is 7.01. The summed E-state index contributed by atoms with van der Waals surface area (Å²) >= 11 is 7.01. The maximum absolute atomic E-state index is 7.01. The summed E-state index contributed by atoms with van der Waals surface area (Å²) in [5.74, 6) is 0.819. The van der Waals surface area contributed by atoms with Gasteiger partial charge in [-0.25, -0.2) is 0 Å². The van der Waals surface area contributed by atoms with Crippen LogP contribution in [0.2, 0.25) is 0 Å². The van der Waals surface area contributed by atoms with E-state index in [0.717, 1.165) is 16.9 Å². The van der Waals surface area contributed by atoms with E-state index in [1.807, 2.05) is 91.0 Å². The maximum Gasteiger partial charge on any atom is 0.128 e. The second-order valence-corrected chi connectivity index (χ2v) is 5.78. The predicted molar refractivity (Wildman–Crippen MR) is 91.5 cm³/mol. The van der Waals surface area contributed by atoms with Gasteiger partial charge in [-0.05, 0) is 23.3 Å². The average molecular weight is 309 g/mol. The number of ether oxygens (including phenoxy) is 1. The van der Waals surface area contributed by atoms with Crippen molar-refractivity contribution in [3.8, 4) is 5.75 Å². The van der Waals surface area contributed by atoms with Gasteiger partial charge in [-0.2, -0.15) is 0 Å². The quantitative estimate of drug-likeness (QED) is 0.585. The molecule has 0 aliphatic rings. The Kier molecular flexibility index (Phi) is 4.45. The van der Waals surface area contributed by atoms with Crippen LogP contribution >= 0.6 is 11.6 Å². The molecule has 0 aromatic heterocycles. The van der Waals surface area contributed by atoms with E-state index >= 15 is 0 Å². The fraction of sp³-hybridized carbons (Fsp3) is 0.100. The highest BCUT2D eigenvalue weighted by atomic mass is 35.5. The number of hydrogen-bond donors (Lipinski definition) is 0. The smallest absolute Gasteiger partial charge is 0.128 e. The van der Waals surface area contributed by atoms with Crippen LogP contribution in [0.4, 0.5) is 0 Å². The summed E-state index contributed by atoms with van der Waals surface area (Å²) in [5, 5.41) is 0. The molecule has 0 N–H and O–H groups in total. The van der Waals surface area contributed by atoms with Gasteiger partial charge in [0, 0.05) is 0 Å². The van der Waals surface area contributed by atoms with Crippen LogP contribution in [-0.4, -0.2) is 6.61 Å². The summed E-state index contributed by atoms with van der Waals surface area (Å²) in [6, 6.07) is 29.9. The second kappa shape index (κ2) is 6.67. The molecule has 0 saturated carbocycles. The minimum Gasteiger partial charge on any atom is -0.491 e. The minimum absolute atomic E-state index is 0.368. The van der Waals surface area contributed by atoms with Crippen LogP contribution < -0.4 is 4.74 Å². The molecule has 1 nitrogen and oxygen atoms in total. The van der Waals surface area contributed by atoms with Crippen molar-refractivity contribution < 1.29 is 4.74 Å². The summed E-state index contributed by atoms with van der Waals surface area (Å²) in [4.78, 5) is -0.710. The van der Waals surface area contributed by atoms with Crippen molar-refractivity contribution in [2.24, 2.45) is 0 Å². The molecule has 0 amide bonds. The average Bonchev–Trinajstić information content (AvgIpc) is 2.62. The fourth-order valence-corrected chi connectivity index (χ4v) is 2.74. The zero-order valence-electron chi connectivity index (χ0n) is 12.2. The van der Waals surface area contributed by atoms with Crippen LogP contribution in [0.5, 0.6) is 5.75 Å². The standard InChI is InChI=1S/C20H17ClO/c21-20(17-10-4-1-5-11-17,18-12-6-2-7-13-18)16-22-19-14-8-3-9-15-19/h1-15H,16H2. The Morgan fingerprint density at radius 2 is 1.05 bits per heavy atom. The highest BCUT2D eigenvalue weighted by Crippen LogP contribution is 2.37. The number of rotatable bonds is 5. The van der Waals surface area contributed by atoms with Gasteiger partial charge in [0.1, 0.15) is 17.2 Å². The molecule has 2 heteroatoms. The number of halogens is 1. The van der Waals surface area contributed by atoms with Crippen molar-refractivity contribution in [2.75, 3.05) is 6.61 Å². The van der Waals surface area contributed by atoms with E-state index in [1.54, 1.807) is 0 Å². The van der Waals surface area contributed by atoms with Gasteiger partial charge < -0.3 is 4.74 Å². The first-order chi connectivity index (χ1) is 10.8. The minimum atomic E-state index is -0.710. The van der Waals surface area contributed by atoms with Crippen LogP contribution in [0.3, 0.4) is 0 Å². The summed E-state index contributed by atoms with van der Waals surface area (Å²) in [6.07, 6.45) is 0. The van der Waals surface area contributed by atoms with E-state index in [1.165, 1.54) is 0 Å². The zero-order valence-corrected chi connectivity index (χ0v) is 12.9. The highest BCUT2D eigenvalue weighted by molar-refractivity contribution is 6.26. The summed E-state index contributed by atoms with van der Waals surface area (Å²) < 4.78 is 5.95. The van der Waals surface area contributed by atoms with Gasteiger partial charge in [0.15, 0.2) is 0 Å². The predicted octanol–water partition coefficient (Wildman–Crippen LogP) is 5.25. The lowest BCUT2D eigenvalue weighted by Gasteiger charge is -2.28. The lowest BCUT2D eigenvalue weighted by atomic mass is 9.91. The first-order valence-corrected chi connectivity index (χ1v) is 7.65. The third-order valence-corrected chi connectivity index (χ3v) is 4.19. The fourth-order valence-electron chi connectivity index (χ4n) is 2.44. The molecule has 0 radical (unpaired) electrons. The zero-order chi connectivity index (χ0) is 15.3. The summed E-state index contributed by atoms with van der Waals surface area (Å²) in [6.45, 7) is 0.368. The molecule has 0 bridgehead atoms. The Balaban J connectivity index is 1.93. The summed E-state index contributed by atoms with van der Waals surface area (Å²) in [7, 11) is 0. The van der Waals surface area contributed by atoms with Crippen LogP contribution in [-0.2, 0) is 4.87 Å². The van der Waals surface area contributed by atoms with Gasteiger partial charge in [0.2, 0.25) is 0 Å². The van der Waals surface area contributed by atoms with E-state index in [2.05, 4.69) is 0 Å². The van der Waals surface area contributed by atoms with Gasteiger partial charge >= 0.3 is 0 Å². The van der Waals surface area contributed by atoms with E-state index < -0.39 is 4.87 Å². The third kappa shape index (κ3) is 3.15. The SMILES string of the molecule is ClC(COc1ccccc1)(c1ccccc1)c1ccccc1. The molecule has 0 spiro atoms. The van der Waals surface area contributed by atoms with E-state index in [9.17, 15) is 0 Å². The number of benzene rings is 3. The first-order valence-electron chi connectivity index (χ1n) is 7.27. The Hall–Kier alpha value is -2.25. The molecule has 22 heavy (non-hydrogen) atoms. The van der Waals surface area contributed by atoms with Crippen molar-refractivity contribution in [1.29, 1.82) is 0 Å². The molecule has 0 saturated heterocycles. The van der Waals surface area contributed by atoms with Crippen LogP contribution in [0.1, 0.15) is 11.1 Å². The topological polar surface area (TPSA) is 9.23 Å².